The molecule has 0 heterocycles. The van der Waals surface area contributed by atoms with E-state index < -0.39 is 47.0 Å². The Balaban J connectivity index is 1.70. The molecule has 3 rings (SSSR count). The van der Waals surface area contributed by atoms with Crippen LogP contribution in [0, 0.1) is 17.6 Å². The second-order valence-electron chi connectivity index (χ2n) is 8.05. The van der Waals surface area contributed by atoms with Crippen molar-refractivity contribution in [2.45, 2.75) is 26.1 Å². The van der Waals surface area contributed by atoms with Gasteiger partial charge in [0.1, 0.15) is 29.1 Å². The highest BCUT2D eigenvalue weighted by molar-refractivity contribution is 6.32. The molecule has 0 bridgehead atoms. The van der Waals surface area contributed by atoms with E-state index in [1.165, 1.54) is 30.3 Å². The van der Waals surface area contributed by atoms with Crippen molar-refractivity contribution in [2.75, 3.05) is 5.32 Å². The Hall–Kier alpha value is -3.66. The van der Waals surface area contributed by atoms with Crippen LogP contribution < -0.4 is 15.4 Å². The fourth-order valence-electron chi connectivity index (χ4n) is 3.30. The Morgan fingerprint density at radius 2 is 1.56 bits per heavy atom. The normalized spacial score (nSPS) is 12.2. The van der Waals surface area contributed by atoms with Crippen LogP contribution in [0.5, 0.6) is 5.75 Å². The molecule has 0 aliphatic rings. The number of imide groups is 1. The molecule has 11 heteroatoms. The molecule has 1 unspecified atom stereocenters. The molecule has 0 spiro atoms. The number of carbonyl (C=O) groups is 2. The van der Waals surface area contributed by atoms with E-state index in [2.05, 4.69) is 5.32 Å². The predicted molar refractivity (Wildman–Crippen MR) is 124 cm³/mol. The van der Waals surface area contributed by atoms with Gasteiger partial charge in [-0.3, -0.25) is 10.1 Å². The van der Waals surface area contributed by atoms with Crippen LogP contribution in [0.4, 0.5) is 32.4 Å². The van der Waals surface area contributed by atoms with E-state index >= 15 is 0 Å². The summed E-state index contributed by atoms with van der Waals surface area (Å²) in [5.41, 5.74) is -1.04. The van der Waals surface area contributed by atoms with E-state index in [4.69, 9.17) is 16.3 Å². The Labute approximate surface area is 208 Å². The fourth-order valence-corrected chi connectivity index (χ4v) is 3.53. The third kappa shape index (κ3) is 6.51. The molecule has 1 atom stereocenters. The first-order chi connectivity index (χ1) is 16.9. The van der Waals surface area contributed by atoms with Gasteiger partial charge in [-0.25, -0.2) is 13.6 Å². The standard InChI is InChI=1S/C25H20ClF5N2O3/c1-13(2)22(14-6-8-15(9-7-14)25(29,30)31)36-20-11-10-16(12-17(20)26)32-24(35)33-23(34)21-18(27)4-3-5-19(21)28/h3-13,22H,1-2H3,(H2,32,33,34,35). The molecule has 190 valence electrons. The van der Waals surface area contributed by atoms with Gasteiger partial charge in [0.15, 0.2) is 0 Å². The number of hydrogen-bond donors (Lipinski definition) is 2. The first-order valence-corrected chi connectivity index (χ1v) is 10.9. The molecule has 2 N–H and O–H groups in total. The monoisotopic (exact) mass is 526 g/mol. The van der Waals surface area contributed by atoms with Crippen molar-refractivity contribution in [1.82, 2.24) is 5.32 Å². The number of urea groups is 1. The Morgan fingerprint density at radius 3 is 2.08 bits per heavy atom. The van der Waals surface area contributed by atoms with Gasteiger partial charge >= 0.3 is 12.2 Å². The number of benzene rings is 3. The lowest BCUT2D eigenvalue weighted by molar-refractivity contribution is -0.137. The van der Waals surface area contributed by atoms with Crippen LogP contribution in [0.15, 0.2) is 60.7 Å². The topological polar surface area (TPSA) is 67.4 Å². The van der Waals surface area contributed by atoms with E-state index in [0.29, 0.717) is 5.56 Å². The maximum absolute atomic E-state index is 13.7. The van der Waals surface area contributed by atoms with Crippen LogP contribution in [-0.4, -0.2) is 11.9 Å². The molecule has 36 heavy (non-hydrogen) atoms. The summed E-state index contributed by atoms with van der Waals surface area (Å²) in [6.45, 7) is 3.65. The van der Waals surface area contributed by atoms with Crippen LogP contribution in [0.3, 0.4) is 0 Å². The molecule has 0 aliphatic carbocycles. The van der Waals surface area contributed by atoms with Crippen molar-refractivity contribution in [3.05, 3.63) is 94.0 Å². The Morgan fingerprint density at radius 1 is 0.944 bits per heavy atom. The van der Waals surface area contributed by atoms with Crippen LogP contribution in [0.1, 0.15) is 41.4 Å². The number of ether oxygens (including phenoxy) is 1. The second kappa shape index (κ2) is 10.9. The highest BCUT2D eigenvalue weighted by Crippen LogP contribution is 2.36. The largest absolute Gasteiger partial charge is 0.484 e. The minimum atomic E-state index is -4.46. The maximum Gasteiger partial charge on any atom is 0.416 e. The van der Waals surface area contributed by atoms with Crippen molar-refractivity contribution < 1.29 is 36.3 Å². The lowest BCUT2D eigenvalue weighted by Crippen LogP contribution is -2.35. The van der Waals surface area contributed by atoms with Gasteiger partial charge in [0.25, 0.3) is 5.91 Å². The van der Waals surface area contributed by atoms with E-state index in [1.54, 1.807) is 0 Å². The SMILES string of the molecule is CC(C)C(Oc1ccc(NC(=O)NC(=O)c2c(F)cccc2F)cc1Cl)c1ccc(C(F)(F)F)cc1. The number of amides is 3. The first kappa shape index (κ1) is 26.9. The van der Waals surface area contributed by atoms with Crippen molar-refractivity contribution >= 4 is 29.2 Å². The number of carbonyl (C=O) groups excluding carboxylic acids is 2. The third-order valence-electron chi connectivity index (χ3n) is 5.03. The van der Waals surface area contributed by atoms with Crippen LogP contribution in [0.2, 0.25) is 5.02 Å². The van der Waals surface area contributed by atoms with Crippen LogP contribution in [0.25, 0.3) is 0 Å². The average Bonchev–Trinajstić information content (AvgIpc) is 2.77. The molecule has 3 amide bonds. The van der Waals surface area contributed by atoms with Gasteiger partial charge in [-0.05, 0) is 53.9 Å². The zero-order valence-electron chi connectivity index (χ0n) is 18.9. The van der Waals surface area contributed by atoms with Crippen LogP contribution >= 0.6 is 11.6 Å². The van der Waals surface area contributed by atoms with Crippen molar-refractivity contribution in [3.8, 4) is 5.75 Å². The third-order valence-corrected chi connectivity index (χ3v) is 5.33. The van der Waals surface area contributed by atoms with Gasteiger partial charge < -0.3 is 10.1 Å². The van der Waals surface area contributed by atoms with Gasteiger partial charge in [-0.2, -0.15) is 13.2 Å². The molecular formula is C25H20ClF5N2O3. The van der Waals surface area contributed by atoms with E-state index in [9.17, 15) is 31.5 Å². The predicted octanol–water partition coefficient (Wildman–Crippen LogP) is 7.38. The van der Waals surface area contributed by atoms with Crippen molar-refractivity contribution in [2.24, 2.45) is 5.92 Å². The summed E-state index contributed by atoms with van der Waals surface area (Å²) in [5.74, 6) is -3.46. The minimum absolute atomic E-state index is 0.0665. The summed E-state index contributed by atoms with van der Waals surface area (Å²) in [4.78, 5) is 24.2. The summed E-state index contributed by atoms with van der Waals surface area (Å²) in [7, 11) is 0. The maximum atomic E-state index is 13.7. The number of halogens is 6. The van der Waals surface area contributed by atoms with E-state index in [0.717, 1.165) is 30.3 Å². The molecule has 0 radical (unpaired) electrons. The molecule has 0 aliphatic heterocycles. The summed E-state index contributed by atoms with van der Waals surface area (Å²) in [5, 5.41) is 4.20. The van der Waals surface area contributed by atoms with Crippen LogP contribution in [-0.2, 0) is 6.18 Å². The van der Waals surface area contributed by atoms with Gasteiger partial charge in [-0.15, -0.1) is 0 Å². The molecule has 0 saturated carbocycles. The van der Waals surface area contributed by atoms with Crippen molar-refractivity contribution in [3.63, 3.8) is 0 Å². The lowest BCUT2D eigenvalue weighted by Gasteiger charge is -2.24. The quantitative estimate of drug-likeness (QED) is 0.329. The molecule has 5 nitrogen and oxygen atoms in total. The zero-order chi connectivity index (χ0) is 26.6. The number of alkyl halides is 3. The molecule has 3 aromatic carbocycles. The molecule has 3 aromatic rings. The zero-order valence-corrected chi connectivity index (χ0v) is 19.7. The summed E-state index contributed by atoms with van der Waals surface area (Å²) in [6.07, 6.45) is -5.08. The molecule has 0 saturated heterocycles. The molecular weight excluding hydrogens is 507 g/mol. The first-order valence-electron chi connectivity index (χ1n) is 10.6. The van der Waals surface area contributed by atoms with Gasteiger partial charge in [0.05, 0.1) is 10.6 Å². The Bertz CT molecular complexity index is 1240. The van der Waals surface area contributed by atoms with E-state index in [-0.39, 0.29) is 22.4 Å². The smallest absolute Gasteiger partial charge is 0.416 e. The average molecular weight is 527 g/mol. The van der Waals surface area contributed by atoms with Crippen molar-refractivity contribution in [1.29, 1.82) is 0 Å². The fraction of sp³-hybridized carbons (Fsp3) is 0.200. The highest BCUT2D eigenvalue weighted by atomic mass is 35.5. The van der Waals surface area contributed by atoms with Gasteiger partial charge in [0, 0.05) is 5.69 Å². The summed E-state index contributed by atoms with van der Waals surface area (Å²) < 4.78 is 72.0. The highest BCUT2D eigenvalue weighted by Gasteiger charge is 2.30. The number of hydrogen-bond acceptors (Lipinski definition) is 3. The number of anilines is 1. The number of rotatable bonds is 6. The van der Waals surface area contributed by atoms with Gasteiger partial charge in [-0.1, -0.05) is 43.6 Å². The van der Waals surface area contributed by atoms with Gasteiger partial charge in [0.2, 0.25) is 0 Å². The molecule has 0 aromatic heterocycles. The summed E-state index contributed by atoms with van der Waals surface area (Å²) >= 11 is 6.27. The minimum Gasteiger partial charge on any atom is -0.484 e. The number of nitrogens with one attached hydrogen (secondary N) is 2. The Kier molecular flexibility index (Phi) is 8.19. The second-order valence-corrected chi connectivity index (χ2v) is 8.46. The van der Waals surface area contributed by atoms with E-state index in [1.807, 2.05) is 19.2 Å². The summed E-state index contributed by atoms with van der Waals surface area (Å²) in [6, 6.07) is 10.5. The molecule has 0 fully saturated rings. The lowest BCUT2D eigenvalue weighted by atomic mass is 9.97.